The molecule has 0 bridgehead atoms. The second-order valence-corrected chi connectivity index (χ2v) is 6.26. The van der Waals surface area contributed by atoms with Crippen molar-refractivity contribution in [2.24, 2.45) is 0 Å². The van der Waals surface area contributed by atoms with Gasteiger partial charge in [-0.2, -0.15) is 18.2 Å². The van der Waals surface area contributed by atoms with E-state index in [0.717, 1.165) is 23.4 Å². The zero-order chi connectivity index (χ0) is 20.1. The van der Waals surface area contributed by atoms with E-state index >= 15 is 0 Å². The van der Waals surface area contributed by atoms with Crippen LogP contribution in [0.4, 0.5) is 30.6 Å². The largest absolute Gasteiger partial charge is 0.416 e. The number of alkyl halides is 3. The first-order valence-corrected chi connectivity index (χ1v) is 8.56. The Morgan fingerprint density at radius 3 is 2.57 bits per heavy atom. The van der Waals surface area contributed by atoms with Crippen LogP contribution < -0.4 is 10.6 Å². The number of hydrogen-bond donors (Lipinski definition) is 3. The minimum atomic E-state index is -4.45. The number of aryl methyl sites for hydroxylation is 1. The molecule has 1 atom stereocenters. The van der Waals surface area contributed by atoms with Crippen molar-refractivity contribution in [1.29, 1.82) is 0 Å². The Balaban J connectivity index is 1.78. The third kappa shape index (κ3) is 4.98. The van der Waals surface area contributed by atoms with Crippen molar-refractivity contribution < 1.29 is 18.3 Å². The topological polar surface area (TPSA) is 70.1 Å². The van der Waals surface area contributed by atoms with Gasteiger partial charge >= 0.3 is 6.18 Å². The first-order chi connectivity index (χ1) is 13.3. The van der Waals surface area contributed by atoms with Crippen LogP contribution >= 0.6 is 0 Å². The Hall–Kier alpha value is -3.13. The predicted octanol–water partition coefficient (Wildman–Crippen LogP) is 4.69. The van der Waals surface area contributed by atoms with E-state index < -0.39 is 24.4 Å². The maximum absolute atomic E-state index is 12.9. The lowest BCUT2D eigenvalue weighted by molar-refractivity contribution is -0.137. The van der Waals surface area contributed by atoms with E-state index in [4.69, 9.17) is 0 Å². The van der Waals surface area contributed by atoms with Crippen LogP contribution in [-0.4, -0.2) is 21.7 Å². The molecule has 8 heteroatoms. The lowest BCUT2D eigenvalue weighted by Gasteiger charge is -2.19. The van der Waals surface area contributed by atoms with Crippen LogP contribution in [0.25, 0.3) is 0 Å². The second-order valence-electron chi connectivity index (χ2n) is 6.26. The molecule has 0 fully saturated rings. The molecule has 1 unspecified atom stereocenters. The van der Waals surface area contributed by atoms with Gasteiger partial charge in [-0.15, -0.1) is 0 Å². The zero-order valence-electron chi connectivity index (χ0n) is 15.0. The van der Waals surface area contributed by atoms with E-state index in [0.29, 0.717) is 17.3 Å². The van der Waals surface area contributed by atoms with Gasteiger partial charge in [0, 0.05) is 11.9 Å². The predicted molar refractivity (Wildman–Crippen MR) is 101 cm³/mol. The number of benzene rings is 2. The van der Waals surface area contributed by atoms with Crippen molar-refractivity contribution in [1.82, 2.24) is 9.97 Å². The molecule has 0 aliphatic heterocycles. The Morgan fingerprint density at radius 2 is 1.86 bits per heavy atom. The summed E-state index contributed by atoms with van der Waals surface area (Å²) in [5, 5.41) is 15.7. The molecule has 5 nitrogen and oxygen atoms in total. The van der Waals surface area contributed by atoms with E-state index in [9.17, 15) is 18.3 Å². The fourth-order valence-electron chi connectivity index (χ4n) is 2.70. The lowest BCUT2D eigenvalue weighted by atomic mass is 10.0. The molecule has 1 heterocycles. The summed E-state index contributed by atoms with van der Waals surface area (Å²) in [4.78, 5) is 8.46. The highest BCUT2D eigenvalue weighted by Crippen LogP contribution is 2.31. The highest BCUT2D eigenvalue weighted by atomic mass is 19.4. The fraction of sp³-hybridized carbons (Fsp3) is 0.200. The molecule has 0 aliphatic rings. The van der Waals surface area contributed by atoms with E-state index in [1.807, 2.05) is 31.2 Å². The molecule has 0 aliphatic carbocycles. The third-order valence-electron chi connectivity index (χ3n) is 4.05. The zero-order valence-corrected chi connectivity index (χ0v) is 15.0. The first-order valence-electron chi connectivity index (χ1n) is 8.56. The number of hydrogen-bond acceptors (Lipinski definition) is 5. The van der Waals surface area contributed by atoms with Gasteiger partial charge in [-0.3, -0.25) is 0 Å². The molecule has 2 aromatic carbocycles. The molecule has 28 heavy (non-hydrogen) atoms. The molecule has 0 saturated carbocycles. The number of nitrogens with zero attached hydrogens (tertiary/aromatic N) is 2. The number of aliphatic hydroxyl groups excluding tert-OH is 1. The summed E-state index contributed by atoms with van der Waals surface area (Å²) < 4.78 is 38.8. The van der Waals surface area contributed by atoms with Crippen LogP contribution in [0, 0.1) is 6.92 Å². The maximum Gasteiger partial charge on any atom is 0.416 e. The molecule has 3 N–H and O–H groups in total. The minimum Gasteiger partial charge on any atom is -0.394 e. The van der Waals surface area contributed by atoms with Crippen molar-refractivity contribution in [2.75, 3.05) is 17.2 Å². The number of aliphatic hydroxyl groups is 1. The van der Waals surface area contributed by atoms with Gasteiger partial charge in [-0.05, 0) is 48.4 Å². The van der Waals surface area contributed by atoms with Crippen LogP contribution in [0.15, 0.2) is 60.8 Å². The van der Waals surface area contributed by atoms with Crippen molar-refractivity contribution >= 4 is 17.5 Å². The first kappa shape index (κ1) is 19.6. The quantitative estimate of drug-likeness (QED) is 0.571. The number of aromatic nitrogens is 2. The van der Waals surface area contributed by atoms with Gasteiger partial charge < -0.3 is 15.7 Å². The maximum atomic E-state index is 12.9. The monoisotopic (exact) mass is 388 g/mol. The molecular formula is C20H19F3N4O. The van der Waals surface area contributed by atoms with Crippen LogP contribution in [0.5, 0.6) is 0 Å². The molecule has 146 valence electrons. The normalized spacial score (nSPS) is 12.5. The van der Waals surface area contributed by atoms with Crippen molar-refractivity contribution in [2.45, 2.75) is 19.1 Å². The SMILES string of the molecule is Cc1cccc(Nc2nccc(NC(CO)c3cccc(C(F)(F)F)c3)n2)c1. The number of anilines is 3. The average molecular weight is 388 g/mol. The Morgan fingerprint density at radius 1 is 1.07 bits per heavy atom. The Labute approximate surface area is 160 Å². The van der Waals surface area contributed by atoms with Gasteiger partial charge in [-0.25, -0.2) is 4.98 Å². The fourth-order valence-corrected chi connectivity index (χ4v) is 2.70. The van der Waals surface area contributed by atoms with Crippen molar-refractivity contribution in [3.05, 3.63) is 77.5 Å². The smallest absolute Gasteiger partial charge is 0.394 e. The Bertz CT molecular complexity index is 946. The van der Waals surface area contributed by atoms with E-state index in [2.05, 4.69) is 20.6 Å². The van der Waals surface area contributed by atoms with Crippen LogP contribution in [0.2, 0.25) is 0 Å². The molecule has 1 aromatic heterocycles. The van der Waals surface area contributed by atoms with Gasteiger partial charge in [0.25, 0.3) is 0 Å². The molecule has 0 spiro atoms. The number of nitrogens with one attached hydrogen (secondary N) is 2. The minimum absolute atomic E-state index is 0.309. The molecule has 0 saturated heterocycles. The molecular weight excluding hydrogens is 369 g/mol. The summed E-state index contributed by atoms with van der Waals surface area (Å²) in [6.45, 7) is 1.57. The Kier molecular flexibility index (Phi) is 5.79. The summed E-state index contributed by atoms with van der Waals surface area (Å²) in [5.41, 5.74) is 1.43. The van der Waals surface area contributed by atoms with Crippen molar-refractivity contribution in [3.63, 3.8) is 0 Å². The summed E-state index contributed by atoms with van der Waals surface area (Å²) in [5.74, 6) is 0.706. The molecule has 0 radical (unpaired) electrons. The number of halogens is 3. The summed E-state index contributed by atoms with van der Waals surface area (Å²) >= 11 is 0. The van der Waals surface area contributed by atoms with Crippen LogP contribution in [0.3, 0.4) is 0 Å². The van der Waals surface area contributed by atoms with Crippen LogP contribution in [-0.2, 0) is 6.18 Å². The van der Waals surface area contributed by atoms with E-state index in [1.165, 1.54) is 18.3 Å². The van der Waals surface area contributed by atoms with Crippen molar-refractivity contribution in [3.8, 4) is 0 Å². The molecule has 0 amide bonds. The van der Waals surface area contributed by atoms with Gasteiger partial charge in [0.15, 0.2) is 0 Å². The van der Waals surface area contributed by atoms with Gasteiger partial charge in [0.2, 0.25) is 5.95 Å². The molecule has 3 aromatic rings. The van der Waals surface area contributed by atoms with Gasteiger partial charge in [0.1, 0.15) is 5.82 Å². The highest BCUT2D eigenvalue weighted by Gasteiger charge is 2.31. The van der Waals surface area contributed by atoms with E-state index in [1.54, 1.807) is 6.07 Å². The standard InChI is InChI=1S/C20H19F3N4O/c1-13-4-2-7-16(10-13)25-19-24-9-8-18(27-19)26-17(12-28)14-5-3-6-15(11-14)20(21,22)23/h2-11,17,28H,12H2,1H3,(H2,24,25,26,27). The van der Waals surface area contributed by atoms with Gasteiger partial charge in [0.05, 0.1) is 18.2 Å². The van der Waals surface area contributed by atoms with Crippen LogP contribution in [0.1, 0.15) is 22.7 Å². The second kappa shape index (κ2) is 8.26. The summed E-state index contributed by atoms with van der Waals surface area (Å²) in [7, 11) is 0. The molecule has 3 rings (SSSR count). The lowest BCUT2D eigenvalue weighted by Crippen LogP contribution is -2.17. The average Bonchev–Trinajstić information content (AvgIpc) is 2.66. The van der Waals surface area contributed by atoms with E-state index in [-0.39, 0.29) is 0 Å². The summed E-state index contributed by atoms with van der Waals surface area (Å²) in [6.07, 6.45) is -2.93. The highest BCUT2D eigenvalue weighted by molar-refractivity contribution is 5.55. The van der Waals surface area contributed by atoms with Gasteiger partial charge in [-0.1, -0.05) is 24.3 Å². The third-order valence-corrected chi connectivity index (χ3v) is 4.05. The summed E-state index contributed by atoms with van der Waals surface area (Å²) in [6, 6.07) is 13.3. The number of rotatable bonds is 6.